The van der Waals surface area contributed by atoms with Crippen LogP contribution in [0.5, 0.6) is 0 Å². The quantitative estimate of drug-likeness (QED) is 0.431. The highest BCUT2D eigenvalue weighted by molar-refractivity contribution is 5.91. The van der Waals surface area contributed by atoms with Gasteiger partial charge in [0.1, 0.15) is 0 Å². The van der Waals surface area contributed by atoms with Crippen LogP contribution in [0.3, 0.4) is 0 Å². The fourth-order valence-corrected chi connectivity index (χ4v) is 2.98. The SMILES string of the molecule is COC(=O)c1ccc(C#C/C=C/c2ccccc2-c2ccc(C)cc2)cc1C. The van der Waals surface area contributed by atoms with Gasteiger partial charge in [-0.2, -0.15) is 0 Å². The standard InChI is InChI=1S/C26H22O2/c1-19-12-15-23(16-13-19)25-11-7-6-10-22(25)9-5-4-8-21-14-17-24(20(2)18-21)26(27)28-3/h5-7,9-18H,1-3H3/b9-5+. The molecule has 0 aromatic heterocycles. The van der Waals surface area contributed by atoms with Gasteiger partial charge < -0.3 is 4.74 Å². The van der Waals surface area contributed by atoms with Gasteiger partial charge in [0, 0.05) is 5.56 Å². The number of carbonyl (C=O) groups is 1. The third-order valence-electron chi connectivity index (χ3n) is 4.52. The molecule has 138 valence electrons. The number of rotatable bonds is 3. The predicted octanol–water partition coefficient (Wildman–Crippen LogP) is 5.82. The summed E-state index contributed by atoms with van der Waals surface area (Å²) in [5.74, 6) is 5.87. The lowest BCUT2D eigenvalue weighted by atomic mass is 9.98. The molecule has 3 aromatic carbocycles. The molecule has 0 aliphatic rings. The second-order valence-electron chi connectivity index (χ2n) is 6.58. The van der Waals surface area contributed by atoms with Gasteiger partial charge in [0.2, 0.25) is 0 Å². The average Bonchev–Trinajstić information content (AvgIpc) is 2.72. The van der Waals surface area contributed by atoms with E-state index in [-0.39, 0.29) is 5.97 Å². The molecule has 0 aliphatic heterocycles. The topological polar surface area (TPSA) is 26.3 Å². The van der Waals surface area contributed by atoms with Crippen molar-refractivity contribution in [2.24, 2.45) is 0 Å². The summed E-state index contributed by atoms with van der Waals surface area (Å²) in [6.45, 7) is 3.97. The Labute approximate surface area is 166 Å². The van der Waals surface area contributed by atoms with Gasteiger partial charge in [0.05, 0.1) is 12.7 Å². The molecule has 0 radical (unpaired) electrons. The number of hydrogen-bond acceptors (Lipinski definition) is 2. The van der Waals surface area contributed by atoms with E-state index in [1.807, 2.05) is 43.3 Å². The Morgan fingerprint density at radius 1 is 0.964 bits per heavy atom. The summed E-state index contributed by atoms with van der Waals surface area (Å²) in [4.78, 5) is 11.7. The monoisotopic (exact) mass is 366 g/mol. The van der Waals surface area contributed by atoms with Gasteiger partial charge in [0.15, 0.2) is 0 Å². The second-order valence-corrected chi connectivity index (χ2v) is 6.58. The molecule has 0 unspecified atom stereocenters. The van der Waals surface area contributed by atoms with Crippen molar-refractivity contribution < 1.29 is 9.53 Å². The Morgan fingerprint density at radius 2 is 1.71 bits per heavy atom. The van der Waals surface area contributed by atoms with Crippen LogP contribution in [0.2, 0.25) is 0 Å². The van der Waals surface area contributed by atoms with Crippen LogP contribution < -0.4 is 0 Å². The van der Waals surface area contributed by atoms with Crippen LogP contribution in [0.1, 0.15) is 32.6 Å². The van der Waals surface area contributed by atoms with E-state index in [0.717, 1.165) is 16.7 Å². The van der Waals surface area contributed by atoms with Crippen molar-refractivity contribution in [3.63, 3.8) is 0 Å². The van der Waals surface area contributed by atoms with Crippen LogP contribution in [-0.4, -0.2) is 13.1 Å². The summed E-state index contributed by atoms with van der Waals surface area (Å²) in [6.07, 6.45) is 3.88. The zero-order valence-corrected chi connectivity index (χ0v) is 16.3. The zero-order chi connectivity index (χ0) is 19.9. The third-order valence-corrected chi connectivity index (χ3v) is 4.52. The molecule has 0 bridgehead atoms. The lowest BCUT2D eigenvalue weighted by molar-refractivity contribution is 0.0600. The normalized spacial score (nSPS) is 10.4. The van der Waals surface area contributed by atoms with Crippen molar-refractivity contribution in [2.75, 3.05) is 7.11 Å². The van der Waals surface area contributed by atoms with Gasteiger partial charge in [-0.15, -0.1) is 0 Å². The highest BCUT2D eigenvalue weighted by Gasteiger charge is 2.08. The van der Waals surface area contributed by atoms with Gasteiger partial charge in [-0.05, 0) is 66.5 Å². The molecular formula is C26H22O2. The highest BCUT2D eigenvalue weighted by Crippen LogP contribution is 2.25. The summed E-state index contributed by atoms with van der Waals surface area (Å²) in [7, 11) is 1.38. The molecule has 3 aromatic rings. The molecule has 28 heavy (non-hydrogen) atoms. The first-order valence-corrected chi connectivity index (χ1v) is 9.11. The first-order valence-electron chi connectivity index (χ1n) is 9.11. The highest BCUT2D eigenvalue weighted by atomic mass is 16.5. The molecule has 0 spiro atoms. The lowest BCUT2D eigenvalue weighted by Gasteiger charge is -2.06. The Morgan fingerprint density at radius 3 is 2.43 bits per heavy atom. The minimum absolute atomic E-state index is 0.329. The zero-order valence-electron chi connectivity index (χ0n) is 16.3. The summed E-state index contributed by atoms with van der Waals surface area (Å²) in [5.41, 5.74) is 7.02. The van der Waals surface area contributed by atoms with E-state index in [2.05, 4.69) is 55.2 Å². The van der Waals surface area contributed by atoms with Crippen LogP contribution >= 0.6 is 0 Å². The maximum atomic E-state index is 11.7. The second kappa shape index (κ2) is 8.88. The maximum Gasteiger partial charge on any atom is 0.338 e. The number of aryl methyl sites for hydroxylation is 2. The molecule has 0 N–H and O–H groups in total. The van der Waals surface area contributed by atoms with E-state index in [1.54, 1.807) is 6.07 Å². The smallest absolute Gasteiger partial charge is 0.338 e. The largest absolute Gasteiger partial charge is 0.465 e. The van der Waals surface area contributed by atoms with Crippen molar-refractivity contribution in [1.29, 1.82) is 0 Å². The molecule has 0 atom stereocenters. The van der Waals surface area contributed by atoms with Crippen LogP contribution in [0, 0.1) is 25.7 Å². The number of ether oxygens (including phenoxy) is 1. The van der Waals surface area contributed by atoms with Crippen molar-refractivity contribution in [2.45, 2.75) is 13.8 Å². The summed E-state index contributed by atoms with van der Waals surface area (Å²) < 4.78 is 4.77. The van der Waals surface area contributed by atoms with E-state index < -0.39 is 0 Å². The number of benzene rings is 3. The molecule has 3 rings (SSSR count). The minimum atomic E-state index is -0.329. The maximum absolute atomic E-state index is 11.7. The first kappa shape index (κ1) is 19.2. The van der Waals surface area contributed by atoms with E-state index >= 15 is 0 Å². The number of methoxy groups -OCH3 is 1. The molecule has 0 amide bonds. The molecule has 2 nitrogen and oxygen atoms in total. The van der Waals surface area contributed by atoms with Gasteiger partial charge >= 0.3 is 5.97 Å². The van der Waals surface area contributed by atoms with Crippen molar-refractivity contribution in [1.82, 2.24) is 0 Å². The molecule has 0 saturated carbocycles. The van der Waals surface area contributed by atoms with Gasteiger partial charge in [-0.25, -0.2) is 4.79 Å². The van der Waals surface area contributed by atoms with Gasteiger partial charge in [-0.3, -0.25) is 0 Å². The number of hydrogen-bond donors (Lipinski definition) is 0. The van der Waals surface area contributed by atoms with E-state index in [9.17, 15) is 4.79 Å². The molecule has 0 aliphatic carbocycles. The van der Waals surface area contributed by atoms with Crippen LogP contribution in [0.25, 0.3) is 17.2 Å². The molecular weight excluding hydrogens is 344 g/mol. The van der Waals surface area contributed by atoms with Crippen molar-refractivity contribution in [3.05, 3.63) is 101 Å². The van der Waals surface area contributed by atoms with Crippen LogP contribution in [-0.2, 0) is 4.74 Å². The summed E-state index contributed by atoms with van der Waals surface area (Å²) >= 11 is 0. The number of allylic oxidation sites excluding steroid dienone is 1. The fraction of sp³-hybridized carbons (Fsp3) is 0.115. The average molecular weight is 366 g/mol. The molecule has 0 fully saturated rings. The lowest BCUT2D eigenvalue weighted by Crippen LogP contribution is -2.03. The molecule has 0 heterocycles. The van der Waals surface area contributed by atoms with Crippen molar-refractivity contribution in [3.8, 4) is 23.0 Å². The van der Waals surface area contributed by atoms with Gasteiger partial charge in [0.25, 0.3) is 0 Å². The molecule has 0 saturated heterocycles. The van der Waals surface area contributed by atoms with Gasteiger partial charge in [-0.1, -0.05) is 65.9 Å². The Balaban J connectivity index is 1.81. The van der Waals surface area contributed by atoms with Crippen LogP contribution in [0.15, 0.2) is 72.8 Å². The summed E-state index contributed by atoms with van der Waals surface area (Å²) in [6, 6.07) is 22.3. The number of esters is 1. The predicted molar refractivity (Wildman–Crippen MR) is 115 cm³/mol. The fourth-order valence-electron chi connectivity index (χ4n) is 2.98. The summed E-state index contributed by atoms with van der Waals surface area (Å²) in [5, 5.41) is 0. The Kier molecular flexibility index (Phi) is 6.09. The third kappa shape index (κ3) is 4.58. The van der Waals surface area contributed by atoms with E-state index in [1.165, 1.54) is 23.8 Å². The number of carbonyl (C=O) groups excluding carboxylic acids is 1. The molecule has 2 heteroatoms. The Hall–Kier alpha value is -3.57. The first-order chi connectivity index (χ1) is 13.6. The van der Waals surface area contributed by atoms with E-state index in [4.69, 9.17) is 4.74 Å². The van der Waals surface area contributed by atoms with Crippen LogP contribution in [0.4, 0.5) is 0 Å². The minimum Gasteiger partial charge on any atom is -0.465 e. The van der Waals surface area contributed by atoms with E-state index in [0.29, 0.717) is 5.56 Å². The van der Waals surface area contributed by atoms with Crippen molar-refractivity contribution >= 4 is 12.0 Å². The Bertz CT molecular complexity index is 1080.